The summed E-state index contributed by atoms with van der Waals surface area (Å²) in [7, 11) is 1.39. The Morgan fingerprint density at radius 1 is 1.27 bits per heavy atom. The molecule has 1 aromatic rings. The third kappa shape index (κ3) is 4.27. The van der Waals surface area contributed by atoms with Gasteiger partial charge in [0.1, 0.15) is 30.3 Å². The number of anilines is 1. The van der Waals surface area contributed by atoms with Crippen LogP contribution in [-0.2, 0) is 27.1 Å². The predicted octanol–water partition coefficient (Wildman–Crippen LogP) is 1.29. The maximum Gasteiger partial charge on any atom is 0.341 e. The Morgan fingerprint density at radius 3 is 2.62 bits per heavy atom. The van der Waals surface area contributed by atoms with Gasteiger partial charge in [0.2, 0.25) is 0 Å². The van der Waals surface area contributed by atoms with Crippen LogP contribution in [0.3, 0.4) is 0 Å². The number of amides is 1. The van der Waals surface area contributed by atoms with Gasteiger partial charge in [-0.05, 0) is 44.6 Å². The average Bonchev–Trinajstić information content (AvgIpc) is 2.89. The van der Waals surface area contributed by atoms with Crippen LogP contribution in [0, 0.1) is 5.92 Å². The number of esters is 1. The van der Waals surface area contributed by atoms with E-state index >= 15 is 0 Å². The smallest absolute Gasteiger partial charge is 0.341 e. The van der Waals surface area contributed by atoms with E-state index in [0.717, 1.165) is 37.9 Å². The standard InChI is InChI=1S/C19H28N2O4S/c1-11-5-6-14-15(7-11)26-18(17(14)19(23)24-4)20-16(22)10-21-8-12(2)25-13(3)9-21/h11-13H,5-10H2,1-4H3,(H,20,22)/p+1/t11-,12-,13+/m1/s1. The highest BCUT2D eigenvalue weighted by molar-refractivity contribution is 7.17. The van der Waals surface area contributed by atoms with Gasteiger partial charge in [0.25, 0.3) is 5.91 Å². The molecular weight excluding hydrogens is 352 g/mol. The molecule has 4 atom stereocenters. The quantitative estimate of drug-likeness (QED) is 0.771. The molecule has 3 rings (SSSR count). The number of nitrogens with one attached hydrogen (secondary N) is 2. The lowest BCUT2D eigenvalue weighted by Crippen LogP contribution is -3.16. The Morgan fingerprint density at radius 2 is 1.96 bits per heavy atom. The number of thiophene rings is 1. The minimum Gasteiger partial charge on any atom is -0.465 e. The monoisotopic (exact) mass is 381 g/mol. The van der Waals surface area contributed by atoms with Crippen LogP contribution < -0.4 is 10.2 Å². The summed E-state index contributed by atoms with van der Waals surface area (Å²) in [6, 6.07) is 0. The third-order valence-electron chi connectivity index (χ3n) is 5.18. The number of carbonyl (C=O) groups excluding carboxylic acids is 2. The number of carbonyl (C=O) groups is 2. The number of hydrogen-bond acceptors (Lipinski definition) is 5. The van der Waals surface area contributed by atoms with Crippen molar-refractivity contribution in [2.24, 2.45) is 5.92 Å². The van der Waals surface area contributed by atoms with Crippen LogP contribution in [0.1, 0.15) is 48.0 Å². The Labute approximate surface area is 158 Å². The molecule has 0 saturated carbocycles. The van der Waals surface area contributed by atoms with Crippen molar-refractivity contribution in [1.82, 2.24) is 0 Å². The van der Waals surface area contributed by atoms with Crippen LogP contribution in [0.4, 0.5) is 5.00 Å². The largest absolute Gasteiger partial charge is 0.465 e. The molecule has 1 aliphatic heterocycles. The maximum absolute atomic E-state index is 12.6. The normalized spacial score (nSPS) is 28.3. The molecule has 26 heavy (non-hydrogen) atoms. The van der Waals surface area contributed by atoms with E-state index in [2.05, 4.69) is 12.2 Å². The van der Waals surface area contributed by atoms with Gasteiger partial charge < -0.3 is 19.7 Å². The zero-order valence-corrected chi connectivity index (χ0v) is 16.8. The van der Waals surface area contributed by atoms with Crippen LogP contribution in [0.15, 0.2) is 0 Å². The Balaban J connectivity index is 1.74. The maximum atomic E-state index is 12.6. The summed E-state index contributed by atoms with van der Waals surface area (Å²) in [6.07, 6.45) is 3.21. The summed E-state index contributed by atoms with van der Waals surface area (Å²) in [5.41, 5.74) is 1.63. The zero-order chi connectivity index (χ0) is 18.8. The molecule has 6 nitrogen and oxygen atoms in total. The van der Waals surface area contributed by atoms with Crippen molar-refractivity contribution in [2.75, 3.05) is 32.1 Å². The molecule has 7 heteroatoms. The van der Waals surface area contributed by atoms with Gasteiger partial charge in [0.15, 0.2) is 6.54 Å². The second-order valence-corrected chi connectivity index (χ2v) is 8.79. The fourth-order valence-corrected chi connectivity index (χ4v) is 5.50. The average molecular weight is 382 g/mol. The summed E-state index contributed by atoms with van der Waals surface area (Å²) in [4.78, 5) is 27.4. The van der Waals surface area contributed by atoms with Crippen LogP contribution in [0.25, 0.3) is 0 Å². The Kier molecular flexibility index (Phi) is 5.99. The van der Waals surface area contributed by atoms with E-state index in [1.165, 1.54) is 28.2 Å². The minimum atomic E-state index is -0.353. The molecule has 144 valence electrons. The predicted molar refractivity (Wildman–Crippen MR) is 101 cm³/mol. The SMILES string of the molecule is COC(=O)c1c(NC(=O)C[NH+]2C[C@@H](C)O[C@@H](C)C2)sc2c1CC[C@@H](C)C2. The van der Waals surface area contributed by atoms with Crippen LogP contribution in [0.2, 0.25) is 0 Å². The lowest BCUT2D eigenvalue weighted by Gasteiger charge is -2.31. The summed E-state index contributed by atoms with van der Waals surface area (Å²) in [5.74, 6) is 0.197. The van der Waals surface area contributed by atoms with Crippen molar-refractivity contribution < 1.29 is 24.0 Å². The van der Waals surface area contributed by atoms with E-state index in [4.69, 9.17) is 9.47 Å². The molecule has 1 saturated heterocycles. The molecule has 1 fully saturated rings. The minimum absolute atomic E-state index is 0.0573. The van der Waals surface area contributed by atoms with Gasteiger partial charge in [-0.2, -0.15) is 0 Å². The summed E-state index contributed by atoms with van der Waals surface area (Å²) in [5, 5.41) is 3.64. The van der Waals surface area contributed by atoms with Gasteiger partial charge in [-0.15, -0.1) is 11.3 Å². The molecule has 1 aromatic heterocycles. The van der Waals surface area contributed by atoms with Gasteiger partial charge in [-0.3, -0.25) is 4.79 Å². The lowest BCUT2D eigenvalue weighted by molar-refractivity contribution is -0.907. The lowest BCUT2D eigenvalue weighted by atomic mass is 9.88. The molecule has 0 radical (unpaired) electrons. The summed E-state index contributed by atoms with van der Waals surface area (Å²) in [6.45, 7) is 8.33. The highest BCUT2D eigenvalue weighted by Crippen LogP contribution is 2.39. The molecule has 0 bridgehead atoms. The molecule has 2 heterocycles. The fourth-order valence-electron chi connectivity index (χ4n) is 4.09. The van der Waals surface area contributed by atoms with E-state index in [1.807, 2.05) is 13.8 Å². The van der Waals surface area contributed by atoms with Gasteiger partial charge in [0.05, 0.1) is 12.7 Å². The highest BCUT2D eigenvalue weighted by atomic mass is 32.1. The van der Waals surface area contributed by atoms with E-state index in [-0.39, 0.29) is 24.1 Å². The Hall–Kier alpha value is -1.44. The number of quaternary nitrogens is 1. The van der Waals surface area contributed by atoms with E-state index in [9.17, 15) is 9.59 Å². The molecule has 1 amide bonds. The number of hydrogen-bond donors (Lipinski definition) is 2. The fraction of sp³-hybridized carbons (Fsp3) is 0.684. The van der Waals surface area contributed by atoms with Gasteiger partial charge in [-0.25, -0.2) is 4.79 Å². The third-order valence-corrected chi connectivity index (χ3v) is 6.35. The van der Waals surface area contributed by atoms with Crippen molar-refractivity contribution in [3.8, 4) is 0 Å². The first-order valence-corrected chi connectivity index (χ1v) is 10.2. The van der Waals surface area contributed by atoms with E-state index < -0.39 is 0 Å². The molecule has 1 unspecified atom stereocenters. The van der Waals surface area contributed by atoms with Crippen LogP contribution >= 0.6 is 11.3 Å². The first-order valence-electron chi connectivity index (χ1n) is 9.39. The molecule has 1 aliphatic carbocycles. The van der Waals surface area contributed by atoms with Crippen molar-refractivity contribution in [2.45, 2.75) is 52.2 Å². The first-order chi connectivity index (χ1) is 12.4. The number of rotatable bonds is 4. The van der Waals surface area contributed by atoms with E-state index in [0.29, 0.717) is 23.0 Å². The highest BCUT2D eigenvalue weighted by Gasteiger charge is 2.31. The Bertz CT molecular complexity index is 677. The summed E-state index contributed by atoms with van der Waals surface area (Å²) < 4.78 is 10.7. The number of fused-ring (bicyclic) bond motifs is 1. The molecule has 2 N–H and O–H groups in total. The van der Waals surface area contributed by atoms with Gasteiger partial charge >= 0.3 is 5.97 Å². The van der Waals surface area contributed by atoms with Crippen molar-refractivity contribution in [3.63, 3.8) is 0 Å². The van der Waals surface area contributed by atoms with Crippen LogP contribution in [-0.4, -0.2) is 50.8 Å². The summed E-state index contributed by atoms with van der Waals surface area (Å²) >= 11 is 1.53. The zero-order valence-electron chi connectivity index (χ0n) is 16.0. The van der Waals surface area contributed by atoms with Crippen molar-refractivity contribution in [3.05, 3.63) is 16.0 Å². The second-order valence-electron chi connectivity index (χ2n) is 7.69. The molecule has 0 aromatic carbocycles. The molecule has 0 spiro atoms. The number of ether oxygens (including phenoxy) is 2. The molecule has 2 aliphatic rings. The second kappa shape index (κ2) is 8.06. The molecular formula is C19H29N2O4S+. The number of methoxy groups -OCH3 is 1. The van der Waals surface area contributed by atoms with Crippen molar-refractivity contribution >= 4 is 28.2 Å². The van der Waals surface area contributed by atoms with E-state index in [1.54, 1.807) is 0 Å². The van der Waals surface area contributed by atoms with Crippen LogP contribution in [0.5, 0.6) is 0 Å². The topological polar surface area (TPSA) is 69.1 Å². The van der Waals surface area contributed by atoms with Gasteiger partial charge in [0, 0.05) is 4.88 Å². The van der Waals surface area contributed by atoms with Gasteiger partial charge in [-0.1, -0.05) is 6.92 Å². The first kappa shape index (κ1) is 19.3. The van der Waals surface area contributed by atoms with Crippen molar-refractivity contribution in [1.29, 1.82) is 0 Å². The number of morpholine rings is 1.